The van der Waals surface area contributed by atoms with Crippen molar-refractivity contribution < 1.29 is 9.53 Å². The highest BCUT2D eigenvalue weighted by atomic mass is 32.2. The van der Waals surface area contributed by atoms with Crippen molar-refractivity contribution in [2.24, 2.45) is 0 Å². The molecule has 8 nitrogen and oxygen atoms in total. The highest BCUT2D eigenvalue weighted by Crippen LogP contribution is 2.18. The molecule has 0 bridgehead atoms. The number of piperazine rings is 1. The van der Waals surface area contributed by atoms with E-state index in [2.05, 4.69) is 37.9 Å². The Morgan fingerprint density at radius 2 is 1.93 bits per heavy atom. The number of carbonyl (C=O) groups excluding carboxylic acids is 1. The number of hydrogen-bond donors (Lipinski definition) is 0. The molecule has 4 rings (SSSR count). The first kappa shape index (κ1) is 20.8. The smallest absolute Gasteiger partial charge is 0.233 e. The predicted octanol–water partition coefficient (Wildman–Crippen LogP) is 2.23. The lowest BCUT2D eigenvalue weighted by molar-refractivity contribution is -0.130. The van der Waals surface area contributed by atoms with Gasteiger partial charge in [0.1, 0.15) is 5.75 Å². The van der Waals surface area contributed by atoms with Crippen molar-refractivity contribution in [3.05, 3.63) is 52.2 Å². The van der Waals surface area contributed by atoms with E-state index in [9.17, 15) is 4.79 Å². The fourth-order valence-electron chi connectivity index (χ4n) is 3.30. The lowest BCUT2D eigenvalue weighted by Gasteiger charge is -2.34. The Balaban J connectivity index is 1.25. The standard InChI is InChI=1S/C20H24N6O2S2/c1-28-17-6-4-16(5-7-17)13-26-20(21-22-23-26)30-15-19(27)25-10-8-24(9-11-25)14-18-3-2-12-29-18/h2-7,12H,8-11,13-15H2,1H3. The molecule has 0 N–H and O–H groups in total. The van der Waals surface area contributed by atoms with Crippen LogP contribution < -0.4 is 4.74 Å². The zero-order valence-corrected chi connectivity index (χ0v) is 18.4. The van der Waals surface area contributed by atoms with Crippen LogP contribution in [0.3, 0.4) is 0 Å². The third kappa shape index (κ3) is 5.38. The Bertz CT molecular complexity index is 937. The average molecular weight is 445 g/mol. The molecule has 1 aromatic carbocycles. The molecular weight excluding hydrogens is 420 g/mol. The number of benzene rings is 1. The molecule has 1 fully saturated rings. The number of tetrazole rings is 1. The van der Waals surface area contributed by atoms with Gasteiger partial charge in [0, 0.05) is 37.6 Å². The number of thioether (sulfide) groups is 1. The van der Waals surface area contributed by atoms with E-state index in [1.807, 2.05) is 29.2 Å². The molecule has 30 heavy (non-hydrogen) atoms. The first-order chi connectivity index (χ1) is 14.7. The van der Waals surface area contributed by atoms with Crippen LogP contribution in [0.2, 0.25) is 0 Å². The van der Waals surface area contributed by atoms with E-state index in [1.165, 1.54) is 16.6 Å². The minimum absolute atomic E-state index is 0.134. The summed E-state index contributed by atoms with van der Waals surface area (Å²) in [6, 6.07) is 12.0. The van der Waals surface area contributed by atoms with Crippen molar-refractivity contribution in [2.45, 2.75) is 18.2 Å². The van der Waals surface area contributed by atoms with Crippen molar-refractivity contribution in [2.75, 3.05) is 39.0 Å². The maximum Gasteiger partial charge on any atom is 0.233 e. The third-order valence-electron chi connectivity index (χ3n) is 5.00. The molecule has 0 atom stereocenters. The van der Waals surface area contributed by atoms with Gasteiger partial charge in [0.2, 0.25) is 11.1 Å². The molecule has 3 aromatic rings. The number of methoxy groups -OCH3 is 1. The molecule has 3 heterocycles. The second kappa shape index (κ2) is 10.1. The largest absolute Gasteiger partial charge is 0.497 e. The third-order valence-corrected chi connectivity index (χ3v) is 6.80. The molecule has 1 amide bonds. The normalized spacial score (nSPS) is 14.8. The van der Waals surface area contributed by atoms with Crippen molar-refractivity contribution in [1.29, 1.82) is 0 Å². The second-order valence-electron chi connectivity index (χ2n) is 6.99. The molecule has 2 aromatic heterocycles. The quantitative estimate of drug-likeness (QED) is 0.493. The van der Waals surface area contributed by atoms with Crippen LogP contribution in [0.1, 0.15) is 10.4 Å². The summed E-state index contributed by atoms with van der Waals surface area (Å²) in [6.45, 7) is 4.86. The van der Waals surface area contributed by atoms with E-state index >= 15 is 0 Å². The topological polar surface area (TPSA) is 76.4 Å². The first-order valence-corrected chi connectivity index (χ1v) is 11.6. The van der Waals surface area contributed by atoms with E-state index in [-0.39, 0.29) is 5.91 Å². The zero-order valence-electron chi connectivity index (χ0n) is 16.8. The fourth-order valence-corrected chi connectivity index (χ4v) is 4.82. The summed E-state index contributed by atoms with van der Waals surface area (Å²) >= 11 is 3.17. The van der Waals surface area contributed by atoms with Gasteiger partial charge in [-0.15, -0.1) is 16.4 Å². The molecule has 0 saturated carbocycles. The van der Waals surface area contributed by atoms with Crippen LogP contribution in [0, 0.1) is 0 Å². The summed E-state index contributed by atoms with van der Waals surface area (Å²) in [7, 11) is 1.64. The number of nitrogens with zero attached hydrogens (tertiary/aromatic N) is 6. The Morgan fingerprint density at radius 3 is 2.63 bits per heavy atom. The maximum absolute atomic E-state index is 12.7. The number of ether oxygens (including phenoxy) is 1. The minimum Gasteiger partial charge on any atom is -0.497 e. The zero-order chi connectivity index (χ0) is 20.8. The predicted molar refractivity (Wildman–Crippen MR) is 117 cm³/mol. The molecule has 0 aliphatic carbocycles. The fraction of sp³-hybridized carbons (Fsp3) is 0.400. The molecule has 0 spiro atoms. The Hall–Kier alpha value is -2.43. The van der Waals surface area contributed by atoms with Gasteiger partial charge in [-0.1, -0.05) is 30.0 Å². The highest BCUT2D eigenvalue weighted by Gasteiger charge is 2.22. The lowest BCUT2D eigenvalue weighted by atomic mass is 10.2. The summed E-state index contributed by atoms with van der Waals surface area (Å²) in [5.41, 5.74) is 1.07. The van der Waals surface area contributed by atoms with Gasteiger partial charge in [0.15, 0.2) is 0 Å². The van der Waals surface area contributed by atoms with Gasteiger partial charge >= 0.3 is 0 Å². The van der Waals surface area contributed by atoms with Gasteiger partial charge in [0.25, 0.3) is 0 Å². The molecule has 158 valence electrons. The van der Waals surface area contributed by atoms with Crippen LogP contribution in [-0.2, 0) is 17.9 Å². The Morgan fingerprint density at radius 1 is 1.13 bits per heavy atom. The van der Waals surface area contributed by atoms with Gasteiger partial charge in [-0.05, 0) is 39.6 Å². The average Bonchev–Trinajstić information content (AvgIpc) is 3.45. The highest BCUT2D eigenvalue weighted by molar-refractivity contribution is 7.99. The summed E-state index contributed by atoms with van der Waals surface area (Å²) in [5.74, 6) is 1.29. The van der Waals surface area contributed by atoms with E-state index in [0.717, 1.165) is 44.0 Å². The molecular formula is C20H24N6O2S2. The van der Waals surface area contributed by atoms with Crippen LogP contribution in [0.15, 0.2) is 46.9 Å². The van der Waals surface area contributed by atoms with Crippen molar-refractivity contribution in [1.82, 2.24) is 30.0 Å². The second-order valence-corrected chi connectivity index (χ2v) is 8.97. The van der Waals surface area contributed by atoms with Crippen LogP contribution in [0.25, 0.3) is 0 Å². The van der Waals surface area contributed by atoms with E-state index in [4.69, 9.17) is 4.74 Å². The van der Waals surface area contributed by atoms with E-state index in [0.29, 0.717) is 17.5 Å². The first-order valence-electron chi connectivity index (χ1n) is 9.75. The SMILES string of the molecule is COc1ccc(Cn2nnnc2SCC(=O)N2CCN(Cc3cccs3)CC2)cc1. The van der Waals surface area contributed by atoms with Crippen LogP contribution in [-0.4, -0.2) is 75.0 Å². The van der Waals surface area contributed by atoms with Gasteiger partial charge in [-0.25, -0.2) is 4.68 Å². The molecule has 0 radical (unpaired) electrons. The summed E-state index contributed by atoms with van der Waals surface area (Å²) in [4.78, 5) is 18.4. The van der Waals surface area contributed by atoms with E-state index in [1.54, 1.807) is 23.1 Å². The minimum atomic E-state index is 0.134. The van der Waals surface area contributed by atoms with Gasteiger partial charge in [0.05, 0.1) is 19.4 Å². The number of thiophene rings is 1. The van der Waals surface area contributed by atoms with Gasteiger partial charge < -0.3 is 9.64 Å². The Labute approximate surface area is 183 Å². The molecule has 1 aliphatic heterocycles. The van der Waals surface area contributed by atoms with Crippen molar-refractivity contribution >= 4 is 29.0 Å². The molecule has 1 aliphatic rings. The summed E-state index contributed by atoms with van der Waals surface area (Å²) in [6.07, 6.45) is 0. The number of aromatic nitrogens is 4. The van der Waals surface area contributed by atoms with Crippen LogP contribution in [0.4, 0.5) is 0 Å². The van der Waals surface area contributed by atoms with Crippen molar-refractivity contribution in [3.8, 4) is 5.75 Å². The summed E-state index contributed by atoms with van der Waals surface area (Å²) < 4.78 is 6.91. The lowest BCUT2D eigenvalue weighted by Crippen LogP contribution is -2.48. The number of carbonyl (C=O) groups is 1. The van der Waals surface area contributed by atoms with Crippen LogP contribution >= 0.6 is 23.1 Å². The summed E-state index contributed by atoms with van der Waals surface area (Å²) in [5, 5.41) is 14.7. The molecule has 1 saturated heterocycles. The van der Waals surface area contributed by atoms with Gasteiger partial charge in [-0.3, -0.25) is 9.69 Å². The molecule has 10 heteroatoms. The van der Waals surface area contributed by atoms with Crippen LogP contribution in [0.5, 0.6) is 5.75 Å². The number of rotatable bonds is 8. The maximum atomic E-state index is 12.7. The monoisotopic (exact) mass is 444 g/mol. The van der Waals surface area contributed by atoms with Crippen molar-refractivity contribution in [3.63, 3.8) is 0 Å². The Kier molecular flexibility index (Phi) is 6.98. The van der Waals surface area contributed by atoms with E-state index < -0.39 is 0 Å². The van der Waals surface area contributed by atoms with Gasteiger partial charge in [-0.2, -0.15) is 0 Å². The number of amides is 1. The molecule has 0 unspecified atom stereocenters. The number of hydrogen-bond acceptors (Lipinski definition) is 8.